The molecule has 132 valence electrons. The molecule has 0 amide bonds. The van der Waals surface area contributed by atoms with Crippen molar-refractivity contribution in [2.75, 3.05) is 18.0 Å². The molecule has 25 heavy (non-hydrogen) atoms. The van der Waals surface area contributed by atoms with E-state index in [-0.39, 0.29) is 6.04 Å². The topological polar surface area (TPSA) is 97.8 Å². The minimum absolute atomic E-state index is 0.210. The smallest absolute Gasteiger partial charge is 0.163 e. The first kappa shape index (κ1) is 15.9. The third-order valence-corrected chi connectivity index (χ3v) is 4.79. The van der Waals surface area contributed by atoms with E-state index in [9.17, 15) is 5.11 Å². The van der Waals surface area contributed by atoms with Gasteiger partial charge < -0.3 is 10.0 Å². The van der Waals surface area contributed by atoms with Crippen molar-refractivity contribution in [1.82, 2.24) is 34.7 Å². The number of β-amino-alcohol motifs (C(OH)–C–C–N with tert-alkyl or cyclic N) is 1. The van der Waals surface area contributed by atoms with E-state index in [1.165, 1.54) is 0 Å². The number of rotatable bonds is 3. The van der Waals surface area contributed by atoms with Gasteiger partial charge in [0.2, 0.25) is 0 Å². The van der Waals surface area contributed by atoms with Crippen LogP contribution in [0.1, 0.15) is 38.4 Å². The van der Waals surface area contributed by atoms with E-state index >= 15 is 0 Å². The van der Waals surface area contributed by atoms with Crippen molar-refractivity contribution < 1.29 is 5.11 Å². The summed E-state index contributed by atoms with van der Waals surface area (Å²) >= 11 is 0. The van der Waals surface area contributed by atoms with Crippen LogP contribution in [0.15, 0.2) is 18.7 Å². The maximum absolute atomic E-state index is 11.2. The molecule has 0 spiro atoms. The summed E-state index contributed by atoms with van der Waals surface area (Å²) in [5.41, 5.74) is 0.359. The number of nitrogens with zero attached hydrogens (tertiary/aromatic N) is 8. The molecule has 1 aliphatic heterocycles. The van der Waals surface area contributed by atoms with Crippen molar-refractivity contribution in [3.63, 3.8) is 0 Å². The van der Waals surface area contributed by atoms with Crippen molar-refractivity contribution in [2.45, 2.75) is 38.3 Å². The first-order chi connectivity index (χ1) is 12.0. The zero-order chi connectivity index (χ0) is 17.6. The van der Waals surface area contributed by atoms with Crippen molar-refractivity contribution in [3.8, 4) is 0 Å². The Morgan fingerprint density at radius 3 is 2.88 bits per heavy atom. The van der Waals surface area contributed by atoms with Crippen LogP contribution in [-0.4, -0.2) is 52.9 Å². The van der Waals surface area contributed by atoms with Crippen molar-refractivity contribution in [3.05, 3.63) is 24.4 Å². The van der Waals surface area contributed by atoms with Gasteiger partial charge in [-0.15, -0.1) is 5.10 Å². The minimum atomic E-state index is -1.04. The van der Waals surface area contributed by atoms with Crippen LogP contribution in [0.25, 0.3) is 11.0 Å². The Balaban J connectivity index is 1.68. The van der Waals surface area contributed by atoms with Gasteiger partial charge in [-0.1, -0.05) is 5.21 Å². The molecule has 0 aliphatic carbocycles. The van der Waals surface area contributed by atoms with Gasteiger partial charge in [-0.3, -0.25) is 4.68 Å². The summed E-state index contributed by atoms with van der Waals surface area (Å²) in [5.74, 6) is 0.799. The Bertz CT molecular complexity index is 901. The van der Waals surface area contributed by atoms with Crippen molar-refractivity contribution in [1.29, 1.82) is 0 Å². The third kappa shape index (κ3) is 2.64. The van der Waals surface area contributed by atoms with Crippen LogP contribution < -0.4 is 4.90 Å². The molecule has 1 unspecified atom stereocenters. The lowest BCUT2D eigenvalue weighted by molar-refractivity contribution is 0.0175. The Hall–Kier alpha value is -2.55. The molecule has 3 aromatic rings. The molecule has 0 bridgehead atoms. The molecule has 9 nitrogen and oxygen atoms in total. The van der Waals surface area contributed by atoms with Gasteiger partial charge >= 0.3 is 0 Å². The van der Waals surface area contributed by atoms with Gasteiger partial charge in [-0.25, -0.2) is 14.6 Å². The maximum Gasteiger partial charge on any atom is 0.163 e. The highest BCUT2D eigenvalue weighted by atomic mass is 16.3. The molecule has 0 radical (unpaired) electrons. The lowest BCUT2D eigenvalue weighted by atomic mass is 9.90. The fourth-order valence-electron chi connectivity index (χ4n) is 3.37. The molecular formula is C16H22N8O. The Morgan fingerprint density at radius 2 is 2.12 bits per heavy atom. The Kier molecular flexibility index (Phi) is 3.68. The van der Waals surface area contributed by atoms with Crippen molar-refractivity contribution >= 4 is 16.9 Å². The van der Waals surface area contributed by atoms with E-state index in [4.69, 9.17) is 0 Å². The molecule has 0 aromatic carbocycles. The second kappa shape index (κ2) is 5.76. The highest BCUT2D eigenvalue weighted by molar-refractivity contribution is 5.86. The van der Waals surface area contributed by atoms with Gasteiger partial charge in [0.25, 0.3) is 0 Å². The van der Waals surface area contributed by atoms with E-state index in [0.29, 0.717) is 18.7 Å². The number of hydrogen-bond donors (Lipinski definition) is 1. The lowest BCUT2D eigenvalue weighted by Crippen LogP contribution is -2.46. The van der Waals surface area contributed by atoms with Crippen LogP contribution in [0, 0.1) is 0 Å². The number of piperidine rings is 1. The molecule has 1 atom stereocenters. The predicted octanol–water partition coefficient (Wildman–Crippen LogP) is 1.02. The lowest BCUT2D eigenvalue weighted by Gasteiger charge is -2.38. The molecule has 1 aliphatic rings. The average molecular weight is 342 g/mol. The summed E-state index contributed by atoms with van der Waals surface area (Å²) in [5, 5.41) is 24.7. The van der Waals surface area contributed by atoms with Gasteiger partial charge in [-0.05, 0) is 26.7 Å². The third-order valence-electron chi connectivity index (χ3n) is 4.79. The van der Waals surface area contributed by atoms with Crippen LogP contribution in [-0.2, 0) is 12.6 Å². The summed E-state index contributed by atoms with van der Waals surface area (Å²) in [4.78, 5) is 10.8. The number of anilines is 1. The second-order valence-corrected chi connectivity index (χ2v) is 6.94. The van der Waals surface area contributed by atoms with Gasteiger partial charge in [0.1, 0.15) is 23.4 Å². The zero-order valence-corrected chi connectivity index (χ0v) is 14.7. The zero-order valence-electron chi connectivity index (χ0n) is 14.7. The molecular weight excluding hydrogens is 320 g/mol. The first-order valence-electron chi connectivity index (χ1n) is 8.50. The maximum atomic E-state index is 11.2. The highest BCUT2D eigenvalue weighted by Crippen LogP contribution is 2.34. The summed E-state index contributed by atoms with van der Waals surface area (Å²) in [6.45, 7) is 5.32. The van der Waals surface area contributed by atoms with E-state index in [0.717, 1.165) is 29.8 Å². The van der Waals surface area contributed by atoms with Gasteiger partial charge in [0, 0.05) is 19.6 Å². The van der Waals surface area contributed by atoms with Crippen molar-refractivity contribution in [2.24, 2.45) is 7.05 Å². The van der Waals surface area contributed by atoms with Gasteiger partial charge in [-0.2, -0.15) is 5.10 Å². The number of hydrogen-bond acceptors (Lipinski definition) is 7. The van der Waals surface area contributed by atoms with Crippen LogP contribution >= 0.6 is 0 Å². The van der Waals surface area contributed by atoms with Gasteiger partial charge in [0.05, 0.1) is 24.3 Å². The predicted molar refractivity (Wildman–Crippen MR) is 92.1 cm³/mol. The number of aliphatic hydroxyl groups is 1. The first-order valence-corrected chi connectivity index (χ1v) is 8.50. The fourth-order valence-corrected chi connectivity index (χ4v) is 3.37. The molecule has 9 heteroatoms. The molecule has 0 saturated carbocycles. The minimum Gasteiger partial charge on any atom is -0.382 e. The molecule has 4 heterocycles. The van der Waals surface area contributed by atoms with E-state index in [1.807, 2.05) is 27.1 Å². The quantitative estimate of drug-likeness (QED) is 0.759. The van der Waals surface area contributed by atoms with E-state index in [2.05, 4.69) is 30.3 Å². The summed E-state index contributed by atoms with van der Waals surface area (Å²) in [7, 11) is 1.86. The summed E-state index contributed by atoms with van der Waals surface area (Å²) in [6, 6.07) is 0.210. The number of fused-ring (bicyclic) bond motifs is 1. The van der Waals surface area contributed by atoms with Crippen LogP contribution in [0.4, 0.5) is 5.82 Å². The molecule has 1 saturated heterocycles. The van der Waals surface area contributed by atoms with E-state index in [1.54, 1.807) is 21.9 Å². The summed E-state index contributed by atoms with van der Waals surface area (Å²) < 4.78 is 3.50. The monoisotopic (exact) mass is 342 g/mol. The number of aromatic nitrogens is 7. The standard InChI is InChI=1S/C16H22N8O/c1-11(2)24-8-13(20-21-24)16(25)5-4-6-23(9-16)15-12-7-19-22(3)14(12)17-10-18-15/h7-8,10-11,25H,4-6,9H2,1-3H3. The normalized spacial score (nSPS) is 21.4. The van der Waals surface area contributed by atoms with E-state index < -0.39 is 5.60 Å². The van der Waals surface area contributed by atoms with Crippen LogP contribution in [0.3, 0.4) is 0 Å². The molecule has 3 aromatic heterocycles. The molecule has 4 rings (SSSR count). The second-order valence-electron chi connectivity index (χ2n) is 6.94. The highest BCUT2D eigenvalue weighted by Gasteiger charge is 2.38. The van der Waals surface area contributed by atoms with Crippen LogP contribution in [0.2, 0.25) is 0 Å². The SMILES string of the molecule is CC(C)n1cc(C2(O)CCCN(c3ncnc4c3cnn4C)C2)nn1. The fraction of sp³-hybridized carbons (Fsp3) is 0.562. The Labute approximate surface area is 145 Å². The largest absolute Gasteiger partial charge is 0.382 e. The Morgan fingerprint density at radius 1 is 1.28 bits per heavy atom. The summed E-state index contributed by atoms with van der Waals surface area (Å²) in [6.07, 6.45) is 6.65. The van der Waals surface area contributed by atoms with Gasteiger partial charge in [0.15, 0.2) is 5.65 Å². The number of aryl methyl sites for hydroxylation is 1. The average Bonchev–Trinajstić information content (AvgIpc) is 3.23. The molecule has 1 fully saturated rings. The van der Waals surface area contributed by atoms with Crippen LogP contribution in [0.5, 0.6) is 0 Å². The molecule has 1 N–H and O–H groups in total.